The molecule has 9 heavy (non-hydrogen) atoms. The second kappa shape index (κ2) is 4.69. The molecule has 0 aromatic carbocycles. The van der Waals surface area contributed by atoms with E-state index < -0.39 is 6.23 Å². The summed E-state index contributed by atoms with van der Waals surface area (Å²) in [5, 5.41) is 13.4. The maximum Gasteiger partial charge on any atom is 0.103 e. The van der Waals surface area contributed by atoms with Gasteiger partial charge in [0.1, 0.15) is 6.23 Å². The van der Waals surface area contributed by atoms with Crippen LogP contribution in [0.25, 0.3) is 5.43 Å². The van der Waals surface area contributed by atoms with Crippen molar-refractivity contribution in [1.29, 1.82) is 0 Å². The van der Waals surface area contributed by atoms with Crippen molar-refractivity contribution in [2.45, 2.75) is 6.23 Å². The highest BCUT2D eigenvalue weighted by atomic mass is 16.3. The highest BCUT2D eigenvalue weighted by molar-refractivity contribution is 4.67. The average molecular weight is 132 g/mol. The Balaban J connectivity index is 3.32. The fourth-order valence-electron chi connectivity index (χ4n) is 0.448. The van der Waals surface area contributed by atoms with E-state index in [1.165, 1.54) is 5.01 Å². The van der Waals surface area contributed by atoms with Crippen LogP contribution in [0.5, 0.6) is 0 Å². The Kier molecular flexibility index (Phi) is 4.61. The lowest BCUT2D eigenvalue weighted by Gasteiger charge is -2.33. The fourth-order valence-corrected chi connectivity index (χ4v) is 0.448. The van der Waals surface area contributed by atoms with E-state index in [4.69, 9.17) is 5.11 Å². The largest absolute Gasteiger partial charge is 0.595 e. The minimum absolute atomic E-state index is 0.514. The molecule has 0 saturated carbocycles. The van der Waals surface area contributed by atoms with E-state index in [9.17, 15) is 0 Å². The molecule has 0 aliphatic carbocycles. The number of rotatable bonds is 4. The molecule has 0 aliphatic heterocycles. The molecule has 0 spiro atoms. The van der Waals surface area contributed by atoms with Gasteiger partial charge in [-0.2, -0.15) is 7.05 Å². The van der Waals surface area contributed by atoms with Crippen LogP contribution in [-0.4, -0.2) is 44.0 Å². The van der Waals surface area contributed by atoms with Crippen molar-refractivity contribution in [2.75, 3.05) is 27.7 Å². The predicted molar refractivity (Wildman–Crippen MR) is 37.0 cm³/mol. The summed E-state index contributed by atoms with van der Waals surface area (Å²) in [6, 6.07) is 0. The molecule has 0 bridgehead atoms. The first-order valence-corrected chi connectivity index (χ1v) is 2.87. The Bertz CT molecular complexity index is 69.2. The van der Waals surface area contributed by atoms with E-state index in [1.807, 2.05) is 0 Å². The van der Waals surface area contributed by atoms with Crippen LogP contribution in [0.2, 0.25) is 0 Å². The van der Waals surface area contributed by atoms with Crippen molar-refractivity contribution in [3.63, 3.8) is 0 Å². The van der Waals surface area contributed by atoms with Gasteiger partial charge in [0, 0.05) is 6.54 Å². The molecule has 0 fully saturated rings. The molecular formula is C5H14N3O-. The summed E-state index contributed by atoms with van der Waals surface area (Å²) in [6.45, 7) is 0.536. The molecule has 0 amide bonds. The van der Waals surface area contributed by atoms with Gasteiger partial charge in [0.05, 0.1) is 0 Å². The van der Waals surface area contributed by atoms with E-state index in [1.54, 1.807) is 21.1 Å². The predicted octanol–water partition coefficient (Wildman–Crippen LogP) is -0.625. The van der Waals surface area contributed by atoms with Gasteiger partial charge in [-0.25, -0.2) is 0 Å². The van der Waals surface area contributed by atoms with Crippen LogP contribution in [-0.2, 0) is 0 Å². The number of aliphatic hydroxyl groups excluding tert-OH is 1. The number of hydrogen-bond donors (Lipinski definition) is 2. The minimum atomic E-state index is -0.514. The van der Waals surface area contributed by atoms with Crippen LogP contribution < -0.4 is 5.32 Å². The quantitative estimate of drug-likeness (QED) is 0.396. The molecule has 0 heterocycles. The van der Waals surface area contributed by atoms with Crippen molar-refractivity contribution >= 4 is 0 Å². The molecule has 2 N–H and O–H groups in total. The number of likely N-dealkylation sites (N-methyl/N-ethyl adjacent to an activating group) is 2. The van der Waals surface area contributed by atoms with Crippen molar-refractivity contribution in [3.8, 4) is 0 Å². The molecular weight excluding hydrogens is 118 g/mol. The number of hydrogen-bond acceptors (Lipinski definition) is 3. The van der Waals surface area contributed by atoms with E-state index in [0.717, 1.165) is 0 Å². The lowest BCUT2D eigenvalue weighted by molar-refractivity contribution is 0.0492. The summed E-state index contributed by atoms with van der Waals surface area (Å²) >= 11 is 0. The molecule has 0 aromatic rings. The van der Waals surface area contributed by atoms with Gasteiger partial charge in [0.15, 0.2) is 0 Å². The summed E-state index contributed by atoms with van der Waals surface area (Å²) in [4.78, 5) is 0. The highest BCUT2D eigenvalue weighted by Crippen LogP contribution is 1.93. The van der Waals surface area contributed by atoms with Crippen LogP contribution >= 0.6 is 0 Å². The molecule has 1 atom stereocenters. The topological polar surface area (TPSA) is 49.6 Å². The highest BCUT2D eigenvalue weighted by Gasteiger charge is 1.98. The Morgan fingerprint density at radius 2 is 2.33 bits per heavy atom. The van der Waals surface area contributed by atoms with Crippen molar-refractivity contribution in [2.24, 2.45) is 0 Å². The first-order chi connectivity index (χ1) is 4.22. The van der Waals surface area contributed by atoms with Gasteiger partial charge >= 0.3 is 0 Å². The van der Waals surface area contributed by atoms with Crippen molar-refractivity contribution < 1.29 is 5.11 Å². The standard InChI is InChI=1S/C5H14N3O/c1-6-4-5(9)8(3)7-2/h5-6,9H,4H2,1-3H3/q-1. The van der Waals surface area contributed by atoms with Crippen LogP contribution in [0, 0.1) is 0 Å². The zero-order valence-electron chi connectivity index (χ0n) is 6.13. The fraction of sp³-hybridized carbons (Fsp3) is 1.00. The number of nitrogens with one attached hydrogen (secondary N) is 1. The monoisotopic (exact) mass is 132 g/mol. The third-order valence-electron chi connectivity index (χ3n) is 1.13. The molecule has 0 aromatic heterocycles. The number of aliphatic hydroxyl groups is 1. The van der Waals surface area contributed by atoms with Gasteiger partial charge < -0.3 is 20.9 Å². The maximum absolute atomic E-state index is 9.09. The Hall–Kier alpha value is -0.160. The molecule has 56 valence electrons. The SMILES string of the molecule is C[N-]N(C)C(O)CNC. The Morgan fingerprint density at radius 3 is 2.67 bits per heavy atom. The molecule has 0 rings (SSSR count). The second-order valence-corrected chi connectivity index (χ2v) is 1.81. The summed E-state index contributed by atoms with van der Waals surface area (Å²) < 4.78 is 0. The van der Waals surface area contributed by atoms with Crippen LogP contribution in [0.3, 0.4) is 0 Å². The third-order valence-corrected chi connectivity index (χ3v) is 1.13. The maximum atomic E-state index is 9.09. The zero-order chi connectivity index (χ0) is 7.28. The first kappa shape index (κ1) is 8.84. The summed E-state index contributed by atoms with van der Waals surface area (Å²) in [7, 11) is 5.15. The molecule has 1 unspecified atom stereocenters. The van der Waals surface area contributed by atoms with Gasteiger partial charge in [-0.05, 0) is 14.1 Å². The molecule has 4 nitrogen and oxygen atoms in total. The van der Waals surface area contributed by atoms with Crippen molar-refractivity contribution in [3.05, 3.63) is 5.43 Å². The van der Waals surface area contributed by atoms with Crippen LogP contribution in [0.4, 0.5) is 0 Å². The van der Waals surface area contributed by atoms with E-state index in [0.29, 0.717) is 6.54 Å². The first-order valence-electron chi connectivity index (χ1n) is 2.87. The van der Waals surface area contributed by atoms with Crippen LogP contribution in [0.1, 0.15) is 0 Å². The average Bonchev–Trinajstić information content (AvgIpc) is 1.87. The Labute approximate surface area is 55.8 Å². The van der Waals surface area contributed by atoms with Crippen LogP contribution in [0.15, 0.2) is 0 Å². The van der Waals surface area contributed by atoms with Gasteiger partial charge in [0.25, 0.3) is 0 Å². The summed E-state index contributed by atoms with van der Waals surface area (Å²) in [5.41, 5.74) is 3.75. The van der Waals surface area contributed by atoms with Gasteiger partial charge in [0.2, 0.25) is 0 Å². The molecule has 0 radical (unpaired) electrons. The molecule has 0 saturated heterocycles. The summed E-state index contributed by atoms with van der Waals surface area (Å²) in [5.74, 6) is 0. The smallest absolute Gasteiger partial charge is 0.103 e. The zero-order valence-corrected chi connectivity index (χ0v) is 6.13. The second-order valence-electron chi connectivity index (χ2n) is 1.81. The minimum Gasteiger partial charge on any atom is -0.595 e. The molecule has 4 heteroatoms. The lowest BCUT2D eigenvalue weighted by Crippen LogP contribution is -2.35. The normalized spacial score (nSPS) is 14.3. The Morgan fingerprint density at radius 1 is 1.78 bits per heavy atom. The third kappa shape index (κ3) is 3.42. The lowest BCUT2D eigenvalue weighted by atomic mass is 10.5. The summed E-state index contributed by atoms with van der Waals surface area (Å²) in [6.07, 6.45) is -0.514. The molecule has 0 aliphatic rings. The van der Waals surface area contributed by atoms with Gasteiger partial charge in [-0.15, -0.1) is 0 Å². The van der Waals surface area contributed by atoms with E-state index in [2.05, 4.69) is 10.7 Å². The van der Waals surface area contributed by atoms with Crippen molar-refractivity contribution in [1.82, 2.24) is 10.3 Å². The number of nitrogens with zero attached hydrogens (tertiary/aromatic N) is 2. The van der Waals surface area contributed by atoms with Gasteiger partial charge in [-0.1, -0.05) is 0 Å². The van der Waals surface area contributed by atoms with E-state index >= 15 is 0 Å². The van der Waals surface area contributed by atoms with Gasteiger partial charge in [-0.3, -0.25) is 0 Å². The van der Waals surface area contributed by atoms with E-state index in [-0.39, 0.29) is 0 Å².